The van der Waals surface area contributed by atoms with E-state index in [1.165, 1.54) is 12.3 Å². The fourth-order valence-corrected chi connectivity index (χ4v) is 1.37. The summed E-state index contributed by atoms with van der Waals surface area (Å²) in [5.41, 5.74) is -0.180. The van der Waals surface area contributed by atoms with E-state index in [1.54, 1.807) is 0 Å². The van der Waals surface area contributed by atoms with Crippen LogP contribution in [0.4, 0.5) is 5.69 Å². The average molecular weight is 215 g/mol. The normalized spacial score (nSPS) is 10.9. The van der Waals surface area contributed by atoms with Crippen LogP contribution in [0.5, 0.6) is 0 Å². The van der Waals surface area contributed by atoms with Crippen LogP contribution >= 0.6 is 0 Å². The molecule has 1 aromatic rings. The molecule has 0 fully saturated rings. The van der Waals surface area contributed by atoms with Gasteiger partial charge in [0.2, 0.25) is 10.0 Å². The molecule has 1 N–H and O–H groups in total. The number of hydrogen-bond donors (Lipinski definition) is 1. The molecule has 0 spiro atoms. The number of sulfonamides is 1. The zero-order valence-electron chi connectivity index (χ0n) is 7.22. The fourth-order valence-electron chi connectivity index (χ4n) is 0.820. The number of carboxylic acid groups (broad SMARTS) is 1. The number of carbonyl (C=O) groups is 1. The Kier molecular flexibility index (Phi) is 2.70. The predicted molar refractivity (Wildman–Crippen MR) is 47.0 cm³/mol. The van der Waals surface area contributed by atoms with Gasteiger partial charge in [-0.05, 0) is 12.1 Å². The molecule has 0 aliphatic rings. The number of aromatic carboxylic acids is 1. The Morgan fingerprint density at radius 3 is 2.71 bits per heavy atom. The lowest BCUT2D eigenvalue weighted by Crippen LogP contribution is -2.23. The monoisotopic (exact) mass is 215 g/mol. The van der Waals surface area contributed by atoms with Gasteiger partial charge in [-0.1, -0.05) is 0 Å². The van der Waals surface area contributed by atoms with Gasteiger partial charge in [0.25, 0.3) is 0 Å². The molecule has 0 saturated carbocycles. The molecule has 0 saturated heterocycles. The molecule has 0 radical (unpaired) electrons. The highest BCUT2D eigenvalue weighted by Gasteiger charge is 2.03. The maximum Gasteiger partial charge on any atom is 0.229 e. The maximum absolute atomic E-state index is 10.8. The third-order valence-electron chi connectivity index (χ3n) is 1.27. The lowest BCUT2D eigenvalue weighted by Gasteiger charge is -2.05. The third kappa shape index (κ3) is 3.02. The largest absolute Gasteiger partial charge is 0.543 e. The van der Waals surface area contributed by atoms with Gasteiger partial charge in [0.05, 0.1) is 23.6 Å². The number of nitrogens with zero attached hydrogens (tertiary/aromatic N) is 1. The average Bonchev–Trinajstić information content (AvgIpc) is 2.01. The van der Waals surface area contributed by atoms with Crippen LogP contribution in [0.15, 0.2) is 18.3 Å². The standard InChI is InChI=1S/C7H8N2O4S/c1-14(12,13)9-5-2-3-8-6(4-5)7(10)11/h2-4H,1H3,(H,8,9)(H,10,11)/p-1. The Labute approximate surface area is 80.6 Å². The topological polar surface area (TPSA) is 99.2 Å². The second kappa shape index (κ2) is 3.62. The zero-order chi connectivity index (χ0) is 10.8. The van der Waals surface area contributed by atoms with Crippen molar-refractivity contribution in [2.75, 3.05) is 11.0 Å². The summed E-state index contributed by atoms with van der Waals surface area (Å²) in [6.45, 7) is 0. The Morgan fingerprint density at radius 1 is 1.57 bits per heavy atom. The molecule has 76 valence electrons. The highest BCUT2D eigenvalue weighted by Crippen LogP contribution is 2.08. The van der Waals surface area contributed by atoms with Gasteiger partial charge in [-0.3, -0.25) is 9.71 Å². The van der Waals surface area contributed by atoms with Gasteiger partial charge in [0.15, 0.2) is 0 Å². The lowest BCUT2D eigenvalue weighted by molar-refractivity contribution is -0.255. The maximum atomic E-state index is 10.8. The second-order valence-corrected chi connectivity index (χ2v) is 4.34. The number of nitrogens with one attached hydrogen (secondary N) is 1. The molecule has 0 unspecified atom stereocenters. The second-order valence-electron chi connectivity index (χ2n) is 2.59. The quantitative estimate of drug-likeness (QED) is 0.684. The molecule has 1 aromatic heterocycles. The van der Waals surface area contributed by atoms with Crippen LogP contribution in [-0.4, -0.2) is 25.6 Å². The predicted octanol–water partition coefficient (Wildman–Crippen LogP) is -1.18. The minimum atomic E-state index is -3.41. The Balaban J connectivity index is 3.01. The summed E-state index contributed by atoms with van der Waals surface area (Å²) in [4.78, 5) is 13.8. The highest BCUT2D eigenvalue weighted by atomic mass is 32.2. The number of carbonyl (C=O) groups excluding carboxylic acids is 1. The number of anilines is 1. The van der Waals surface area contributed by atoms with Crippen LogP contribution in [0, 0.1) is 0 Å². The van der Waals surface area contributed by atoms with Crippen LogP contribution in [0.1, 0.15) is 10.5 Å². The molecule has 1 rings (SSSR count). The Morgan fingerprint density at radius 2 is 2.21 bits per heavy atom. The van der Waals surface area contributed by atoms with Crippen LogP contribution in [0.2, 0.25) is 0 Å². The molecule has 0 atom stereocenters. The molecular weight excluding hydrogens is 208 g/mol. The van der Waals surface area contributed by atoms with Gasteiger partial charge in [-0.25, -0.2) is 8.42 Å². The lowest BCUT2D eigenvalue weighted by atomic mass is 10.3. The first-order valence-electron chi connectivity index (χ1n) is 3.54. The van der Waals surface area contributed by atoms with Crippen molar-refractivity contribution < 1.29 is 18.3 Å². The molecular formula is C7H7N2O4S-. The number of aromatic nitrogens is 1. The van der Waals surface area contributed by atoms with Gasteiger partial charge < -0.3 is 9.90 Å². The van der Waals surface area contributed by atoms with Crippen molar-refractivity contribution in [3.8, 4) is 0 Å². The molecule has 0 aliphatic heterocycles. The summed E-state index contributed by atoms with van der Waals surface area (Å²) in [5.74, 6) is -1.46. The van der Waals surface area contributed by atoms with E-state index in [1.807, 2.05) is 0 Å². The van der Waals surface area contributed by atoms with E-state index in [2.05, 4.69) is 9.71 Å². The fraction of sp³-hybridized carbons (Fsp3) is 0.143. The summed E-state index contributed by atoms with van der Waals surface area (Å²) >= 11 is 0. The molecule has 7 heteroatoms. The van der Waals surface area contributed by atoms with E-state index >= 15 is 0 Å². The van der Waals surface area contributed by atoms with Crippen molar-refractivity contribution in [3.63, 3.8) is 0 Å². The third-order valence-corrected chi connectivity index (χ3v) is 1.88. The van der Waals surface area contributed by atoms with Crippen LogP contribution in [0.25, 0.3) is 0 Å². The van der Waals surface area contributed by atoms with Gasteiger partial charge >= 0.3 is 0 Å². The first-order valence-corrected chi connectivity index (χ1v) is 5.43. The molecule has 0 bridgehead atoms. The summed E-state index contributed by atoms with van der Waals surface area (Å²) in [6, 6.07) is 2.42. The summed E-state index contributed by atoms with van der Waals surface area (Å²) in [7, 11) is -3.41. The number of carboxylic acids is 1. The minimum Gasteiger partial charge on any atom is -0.543 e. The Hall–Kier alpha value is -1.63. The van der Waals surface area contributed by atoms with Gasteiger partial charge in [-0.2, -0.15) is 0 Å². The summed E-state index contributed by atoms with van der Waals surface area (Å²) in [6.07, 6.45) is 2.14. The van der Waals surface area contributed by atoms with Crippen LogP contribution in [-0.2, 0) is 10.0 Å². The smallest absolute Gasteiger partial charge is 0.229 e. The van der Waals surface area contributed by atoms with Gasteiger partial charge in [0, 0.05) is 6.20 Å². The molecule has 0 aromatic carbocycles. The van der Waals surface area contributed by atoms with E-state index in [0.29, 0.717) is 0 Å². The SMILES string of the molecule is CS(=O)(=O)Nc1ccnc(C(=O)[O-])c1. The first-order chi connectivity index (χ1) is 6.38. The Bertz CT molecular complexity index is 455. The van der Waals surface area contributed by atoms with Gasteiger partial charge in [0.1, 0.15) is 0 Å². The van der Waals surface area contributed by atoms with Crippen molar-refractivity contribution in [2.24, 2.45) is 0 Å². The summed E-state index contributed by atoms with van der Waals surface area (Å²) < 4.78 is 23.7. The minimum absolute atomic E-state index is 0.140. The zero-order valence-corrected chi connectivity index (χ0v) is 8.04. The molecule has 0 aliphatic carbocycles. The van der Waals surface area contributed by atoms with Crippen molar-refractivity contribution >= 4 is 21.7 Å². The van der Waals surface area contributed by atoms with Crippen LogP contribution in [0.3, 0.4) is 0 Å². The molecule has 0 amide bonds. The van der Waals surface area contributed by atoms with Crippen molar-refractivity contribution in [3.05, 3.63) is 24.0 Å². The van der Waals surface area contributed by atoms with E-state index < -0.39 is 16.0 Å². The van der Waals surface area contributed by atoms with E-state index in [4.69, 9.17) is 0 Å². The number of hydrogen-bond acceptors (Lipinski definition) is 5. The number of pyridine rings is 1. The van der Waals surface area contributed by atoms with Crippen molar-refractivity contribution in [1.82, 2.24) is 4.98 Å². The number of rotatable bonds is 3. The molecule has 1 heterocycles. The first kappa shape index (κ1) is 10.5. The molecule has 6 nitrogen and oxygen atoms in total. The summed E-state index contributed by atoms with van der Waals surface area (Å²) in [5, 5.41) is 10.4. The van der Waals surface area contributed by atoms with Gasteiger partial charge in [-0.15, -0.1) is 0 Å². The van der Waals surface area contributed by atoms with Crippen LogP contribution < -0.4 is 9.83 Å². The van der Waals surface area contributed by atoms with E-state index in [-0.39, 0.29) is 11.4 Å². The van der Waals surface area contributed by atoms with E-state index in [0.717, 1.165) is 12.3 Å². The van der Waals surface area contributed by atoms with Crippen molar-refractivity contribution in [2.45, 2.75) is 0 Å². The highest BCUT2D eigenvalue weighted by molar-refractivity contribution is 7.92. The van der Waals surface area contributed by atoms with Crippen molar-refractivity contribution in [1.29, 1.82) is 0 Å². The molecule has 14 heavy (non-hydrogen) atoms. The van der Waals surface area contributed by atoms with E-state index in [9.17, 15) is 18.3 Å².